The maximum Gasteiger partial charge on any atom is 0.416 e. The average Bonchev–Trinajstić information content (AvgIpc) is 2.54. The Bertz CT molecular complexity index is 700. The number of hydrogen-bond acceptors (Lipinski definition) is 2. The predicted octanol–water partition coefficient (Wildman–Crippen LogP) is 3.88. The van der Waals surface area contributed by atoms with Crippen LogP contribution in [-0.2, 0) is 6.18 Å². The monoisotopic (exact) mass is 341 g/mol. The minimum atomic E-state index is -4.48. The Morgan fingerprint density at radius 1 is 0.913 bits per heavy atom. The van der Waals surface area contributed by atoms with Gasteiger partial charge < -0.3 is 5.32 Å². The fraction of sp³-hybridized carbons (Fsp3) is 0.125. The minimum Gasteiger partial charge on any atom is -0.329 e. The highest BCUT2D eigenvalue weighted by molar-refractivity contribution is 6.34. The molecule has 1 atom stereocenters. The summed E-state index contributed by atoms with van der Waals surface area (Å²) in [5, 5.41) is 2.29. The van der Waals surface area contributed by atoms with Crippen molar-refractivity contribution in [2.75, 3.05) is 0 Å². The second-order valence-corrected chi connectivity index (χ2v) is 5.08. The van der Waals surface area contributed by atoms with Gasteiger partial charge in [-0.25, -0.2) is 0 Å². The molecule has 2 aromatic carbocycles. The number of halogens is 4. The van der Waals surface area contributed by atoms with Gasteiger partial charge in [0.05, 0.1) is 5.56 Å². The zero-order valence-electron chi connectivity index (χ0n) is 11.6. The molecule has 3 nitrogen and oxygen atoms in total. The van der Waals surface area contributed by atoms with Crippen LogP contribution in [0.2, 0.25) is 0 Å². The van der Waals surface area contributed by atoms with E-state index < -0.39 is 28.9 Å². The molecule has 0 saturated heterocycles. The van der Waals surface area contributed by atoms with E-state index in [9.17, 15) is 22.8 Å². The summed E-state index contributed by atoms with van der Waals surface area (Å²) in [6.45, 7) is 0. The molecule has 1 N–H and O–H groups in total. The number of rotatable bonds is 4. The molecule has 0 aliphatic heterocycles. The molecule has 2 aromatic rings. The summed E-state index contributed by atoms with van der Waals surface area (Å²) in [7, 11) is 0. The van der Waals surface area contributed by atoms with Crippen LogP contribution in [0.4, 0.5) is 13.2 Å². The van der Waals surface area contributed by atoms with Crippen molar-refractivity contribution in [3.63, 3.8) is 0 Å². The van der Waals surface area contributed by atoms with Gasteiger partial charge in [0.15, 0.2) is 11.3 Å². The van der Waals surface area contributed by atoms with E-state index in [4.69, 9.17) is 11.6 Å². The summed E-state index contributed by atoms with van der Waals surface area (Å²) in [5.74, 6) is -1.24. The first-order valence-corrected chi connectivity index (χ1v) is 6.94. The molecule has 120 valence electrons. The lowest BCUT2D eigenvalue weighted by Gasteiger charge is -2.12. The third kappa shape index (κ3) is 4.32. The van der Waals surface area contributed by atoms with Gasteiger partial charge in [-0.3, -0.25) is 9.59 Å². The van der Waals surface area contributed by atoms with Crippen molar-refractivity contribution < 1.29 is 22.8 Å². The highest BCUT2D eigenvalue weighted by Gasteiger charge is 2.30. The van der Waals surface area contributed by atoms with Crippen molar-refractivity contribution in [2.24, 2.45) is 0 Å². The van der Waals surface area contributed by atoms with Crippen LogP contribution in [0.3, 0.4) is 0 Å². The average molecular weight is 342 g/mol. The molecule has 0 spiro atoms. The lowest BCUT2D eigenvalue weighted by atomic mass is 10.1. The van der Waals surface area contributed by atoms with Gasteiger partial charge in [-0.2, -0.15) is 13.2 Å². The zero-order valence-corrected chi connectivity index (χ0v) is 12.4. The van der Waals surface area contributed by atoms with Crippen molar-refractivity contribution in [3.8, 4) is 0 Å². The molecule has 2 rings (SSSR count). The van der Waals surface area contributed by atoms with Gasteiger partial charge in [-0.05, 0) is 24.3 Å². The third-order valence-electron chi connectivity index (χ3n) is 3.02. The van der Waals surface area contributed by atoms with Crippen LogP contribution in [-0.4, -0.2) is 17.2 Å². The van der Waals surface area contributed by atoms with Crippen molar-refractivity contribution in [1.82, 2.24) is 5.32 Å². The van der Waals surface area contributed by atoms with E-state index in [0.717, 1.165) is 24.3 Å². The van der Waals surface area contributed by atoms with Crippen LogP contribution in [0.25, 0.3) is 0 Å². The first-order valence-electron chi connectivity index (χ1n) is 6.50. The molecule has 0 aliphatic carbocycles. The number of hydrogen-bond donors (Lipinski definition) is 1. The molecule has 0 saturated carbocycles. The lowest BCUT2D eigenvalue weighted by Crippen LogP contribution is -2.36. The van der Waals surface area contributed by atoms with Gasteiger partial charge in [0.25, 0.3) is 5.91 Å². The molecule has 0 aromatic heterocycles. The van der Waals surface area contributed by atoms with Gasteiger partial charge in [0.1, 0.15) is 0 Å². The Kier molecular flexibility index (Phi) is 5.05. The van der Waals surface area contributed by atoms with Crippen LogP contribution >= 0.6 is 11.6 Å². The topological polar surface area (TPSA) is 46.2 Å². The maximum absolute atomic E-state index is 12.5. The lowest BCUT2D eigenvalue weighted by molar-refractivity contribution is -0.137. The molecule has 0 aliphatic rings. The van der Waals surface area contributed by atoms with E-state index in [1.807, 2.05) is 0 Å². The number of carbonyl (C=O) groups is 2. The third-order valence-corrected chi connectivity index (χ3v) is 3.33. The van der Waals surface area contributed by atoms with Crippen LogP contribution in [0, 0.1) is 0 Å². The Morgan fingerprint density at radius 2 is 1.48 bits per heavy atom. The van der Waals surface area contributed by atoms with Gasteiger partial charge in [0, 0.05) is 11.1 Å². The molecule has 0 bridgehead atoms. The zero-order chi connectivity index (χ0) is 17.0. The summed E-state index contributed by atoms with van der Waals surface area (Å²) < 4.78 is 37.4. The maximum atomic E-state index is 12.5. The normalized spacial score (nSPS) is 12.5. The second-order valence-electron chi connectivity index (χ2n) is 4.64. The van der Waals surface area contributed by atoms with E-state index in [1.54, 1.807) is 30.3 Å². The van der Waals surface area contributed by atoms with E-state index in [2.05, 4.69) is 5.32 Å². The predicted molar refractivity (Wildman–Crippen MR) is 79.3 cm³/mol. The molecule has 0 heterocycles. The van der Waals surface area contributed by atoms with Gasteiger partial charge in [-0.15, -0.1) is 0 Å². The Labute approximate surface area is 135 Å². The van der Waals surface area contributed by atoms with Crippen LogP contribution in [0.1, 0.15) is 26.3 Å². The van der Waals surface area contributed by atoms with Gasteiger partial charge in [0.2, 0.25) is 0 Å². The van der Waals surface area contributed by atoms with Crippen LogP contribution < -0.4 is 5.32 Å². The Hall–Kier alpha value is -2.34. The number of alkyl halides is 4. The Morgan fingerprint density at radius 3 is 2.00 bits per heavy atom. The standard InChI is InChI=1S/C16H11ClF3NO2/c17-14(21-15(23)11-4-2-1-3-5-11)13(22)10-6-8-12(9-7-10)16(18,19)20/h1-9,14H,(H,21,23). The number of benzene rings is 2. The highest BCUT2D eigenvalue weighted by atomic mass is 35.5. The first-order chi connectivity index (χ1) is 10.8. The highest BCUT2D eigenvalue weighted by Crippen LogP contribution is 2.29. The molecule has 0 radical (unpaired) electrons. The fourth-order valence-corrected chi connectivity index (χ4v) is 2.05. The van der Waals surface area contributed by atoms with Crippen molar-refractivity contribution in [1.29, 1.82) is 0 Å². The molecule has 1 unspecified atom stereocenters. The largest absolute Gasteiger partial charge is 0.416 e. The van der Waals surface area contributed by atoms with E-state index in [1.165, 1.54) is 0 Å². The SMILES string of the molecule is O=C(NC(Cl)C(=O)c1ccc(C(F)(F)F)cc1)c1ccccc1. The summed E-state index contributed by atoms with van der Waals surface area (Å²) in [6.07, 6.45) is -4.48. The number of ketones is 1. The molecule has 23 heavy (non-hydrogen) atoms. The summed E-state index contributed by atoms with van der Waals surface area (Å²) in [5.41, 5.74) is -1.95. The minimum absolute atomic E-state index is 0.0219. The van der Waals surface area contributed by atoms with E-state index in [0.29, 0.717) is 5.56 Å². The number of carbonyl (C=O) groups excluding carboxylic acids is 2. The summed E-state index contributed by atoms with van der Waals surface area (Å²) in [4.78, 5) is 23.9. The number of nitrogens with one attached hydrogen (secondary N) is 1. The van der Waals surface area contributed by atoms with E-state index in [-0.39, 0.29) is 5.56 Å². The fourth-order valence-electron chi connectivity index (χ4n) is 1.82. The number of amides is 1. The van der Waals surface area contributed by atoms with Gasteiger partial charge in [-0.1, -0.05) is 41.9 Å². The first kappa shape index (κ1) is 17.0. The van der Waals surface area contributed by atoms with E-state index >= 15 is 0 Å². The smallest absolute Gasteiger partial charge is 0.329 e. The molecule has 1 amide bonds. The summed E-state index contributed by atoms with van der Waals surface area (Å²) in [6, 6.07) is 11.7. The Balaban J connectivity index is 2.06. The van der Waals surface area contributed by atoms with Crippen LogP contribution in [0.5, 0.6) is 0 Å². The molecule has 7 heteroatoms. The van der Waals surface area contributed by atoms with Gasteiger partial charge >= 0.3 is 6.18 Å². The molecular weight excluding hydrogens is 331 g/mol. The van der Waals surface area contributed by atoms with Crippen molar-refractivity contribution >= 4 is 23.3 Å². The second kappa shape index (κ2) is 6.83. The molecular formula is C16H11ClF3NO2. The quantitative estimate of drug-likeness (QED) is 0.521. The van der Waals surface area contributed by atoms with Crippen molar-refractivity contribution in [2.45, 2.75) is 11.7 Å². The summed E-state index contributed by atoms with van der Waals surface area (Å²) >= 11 is 5.84. The number of Topliss-reactive ketones (excluding diaryl/α,β-unsaturated/α-hetero) is 1. The van der Waals surface area contributed by atoms with Crippen LogP contribution in [0.15, 0.2) is 54.6 Å². The molecule has 0 fully saturated rings. The van der Waals surface area contributed by atoms with Crippen molar-refractivity contribution in [3.05, 3.63) is 71.3 Å².